The van der Waals surface area contributed by atoms with Crippen LogP contribution in [0.15, 0.2) is 42.5 Å². The van der Waals surface area contributed by atoms with Crippen molar-refractivity contribution in [3.8, 4) is 11.5 Å². The second-order valence-corrected chi connectivity index (χ2v) is 10.4. The van der Waals surface area contributed by atoms with Crippen molar-refractivity contribution in [1.29, 1.82) is 0 Å². The summed E-state index contributed by atoms with van der Waals surface area (Å²) in [6.45, 7) is 2.79. The molecular weight excluding hydrogens is 416 g/mol. The maximum Gasteiger partial charge on any atom is 0.241 e. The van der Waals surface area contributed by atoms with Crippen LogP contribution in [0.25, 0.3) is 0 Å². The number of anilines is 1. The Bertz CT molecular complexity index is 1070. The van der Waals surface area contributed by atoms with Crippen LogP contribution in [-0.2, 0) is 21.1 Å². The van der Waals surface area contributed by atoms with Gasteiger partial charge in [-0.05, 0) is 43.2 Å². The van der Waals surface area contributed by atoms with E-state index in [-0.39, 0.29) is 36.0 Å². The summed E-state index contributed by atoms with van der Waals surface area (Å²) in [5.41, 5.74) is 2.91. The highest BCUT2D eigenvalue weighted by Crippen LogP contribution is 2.32. The van der Waals surface area contributed by atoms with Crippen molar-refractivity contribution in [3.63, 3.8) is 0 Å². The van der Waals surface area contributed by atoms with Gasteiger partial charge >= 0.3 is 0 Å². The zero-order valence-electron chi connectivity index (χ0n) is 18.1. The zero-order chi connectivity index (χ0) is 22.2. The van der Waals surface area contributed by atoms with E-state index >= 15 is 0 Å². The molecule has 0 saturated carbocycles. The lowest BCUT2D eigenvalue weighted by atomic mass is 10.0. The lowest BCUT2D eigenvalue weighted by Crippen LogP contribution is -2.62. The molecule has 4 rings (SSSR count). The van der Waals surface area contributed by atoms with E-state index < -0.39 is 9.84 Å². The minimum absolute atomic E-state index is 0.00411. The van der Waals surface area contributed by atoms with Gasteiger partial charge in [0.1, 0.15) is 0 Å². The van der Waals surface area contributed by atoms with Crippen LogP contribution >= 0.6 is 0 Å². The topological polar surface area (TPSA) is 76.2 Å². The molecule has 2 aromatic rings. The number of fused-ring (bicyclic) bond motifs is 1. The van der Waals surface area contributed by atoms with Crippen LogP contribution < -0.4 is 14.4 Å². The second-order valence-electron chi connectivity index (χ2n) is 8.22. The first-order valence-corrected chi connectivity index (χ1v) is 12.2. The molecule has 2 aromatic carbocycles. The second kappa shape index (κ2) is 8.51. The van der Waals surface area contributed by atoms with Gasteiger partial charge in [-0.15, -0.1) is 0 Å². The molecular formula is C23H28N2O5S. The summed E-state index contributed by atoms with van der Waals surface area (Å²) in [5.74, 6) is 1.34. The Balaban J connectivity index is 1.55. The summed E-state index contributed by atoms with van der Waals surface area (Å²) in [6, 6.07) is 12.9. The summed E-state index contributed by atoms with van der Waals surface area (Å²) in [4.78, 5) is 16.8. The molecule has 0 aromatic heterocycles. The summed E-state index contributed by atoms with van der Waals surface area (Å²) >= 11 is 0. The first-order valence-electron chi connectivity index (χ1n) is 10.4. The maximum absolute atomic E-state index is 13.1. The quantitative estimate of drug-likeness (QED) is 0.679. The molecule has 0 radical (unpaired) electrons. The Hall–Kier alpha value is -2.58. The zero-order valence-corrected chi connectivity index (χ0v) is 18.9. The van der Waals surface area contributed by atoms with E-state index in [0.717, 1.165) is 16.8 Å². The Kier molecular flexibility index (Phi) is 5.94. The molecule has 31 heavy (non-hydrogen) atoms. The average Bonchev–Trinajstić information content (AvgIpc) is 3.07. The smallest absolute Gasteiger partial charge is 0.241 e. The minimum Gasteiger partial charge on any atom is -0.493 e. The molecule has 2 unspecified atom stereocenters. The fourth-order valence-corrected chi connectivity index (χ4v) is 6.53. The lowest BCUT2D eigenvalue weighted by Gasteiger charge is -2.43. The number of aryl methyl sites for hydroxylation is 1. The molecule has 0 N–H and O–H groups in total. The van der Waals surface area contributed by atoms with Gasteiger partial charge in [0.2, 0.25) is 5.91 Å². The van der Waals surface area contributed by atoms with Crippen molar-refractivity contribution in [2.24, 2.45) is 0 Å². The van der Waals surface area contributed by atoms with Gasteiger partial charge in [-0.1, -0.05) is 23.8 Å². The molecule has 2 atom stereocenters. The maximum atomic E-state index is 13.1. The summed E-state index contributed by atoms with van der Waals surface area (Å²) in [5, 5.41) is 0. The van der Waals surface area contributed by atoms with Gasteiger partial charge in [-0.25, -0.2) is 8.42 Å². The van der Waals surface area contributed by atoms with E-state index in [4.69, 9.17) is 9.47 Å². The van der Waals surface area contributed by atoms with Crippen LogP contribution in [-0.4, -0.2) is 70.1 Å². The normalized spacial score (nSPS) is 22.9. The van der Waals surface area contributed by atoms with Gasteiger partial charge in [0.25, 0.3) is 0 Å². The van der Waals surface area contributed by atoms with E-state index in [9.17, 15) is 13.2 Å². The molecule has 8 heteroatoms. The first-order chi connectivity index (χ1) is 14.8. The van der Waals surface area contributed by atoms with E-state index in [0.29, 0.717) is 24.5 Å². The third-order valence-corrected chi connectivity index (χ3v) is 7.85. The molecule has 166 valence electrons. The number of carbonyl (C=O) groups excluding carboxylic acids is 1. The standard InChI is InChI=1S/C23H28N2O5S/c1-16-4-7-18(8-5-16)25-20-15-31(27,28)14-19(20)24(13-23(25)26)11-10-17-6-9-21(29-2)22(12-17)30-3/h4-9,12,19-20H,10-11,13-15H2,1-3H3. The molecule has 0 bridgehead atoms. The number of hydrogen-bond donors (Lipinski definition) is 0. The fourth-order valence-electron chi connectivity index (χ4n) is 4.55. The van der Waals surface area contributed by atoms with Crippen molar-refractivity contribution in [2.45, 2.75) is 25.4 Å². The number of ether oxygens (including phenoxy) is 2. The predicted octanol–water partition coefficient (Wildman–Crippen LogP) is 2.07. The van der Waals surface area contributed by atoms with Gasteiger partial charge in [0.05, 0.1) is 38.3 Å². The lowest BCUT2D eigenvalue weighted by molar-refractivity contribution is -0.123. The highest BCUT2D eigenvalue weighted by Gasteiger charge is 2.49. The highest BCUT2D eigenvalue weighted by atomic mass is 32.2. The predicted molar refractivity (Wildman–Crippen MR) is 120 cm³/mol. The van der Waals surface area contributed by atoms with Gasteiger partial charge in [-0.3, -0.25) is 9.69 Å². The van der Waals surface area contributed by atoms with E-state index in [1.807, 2.05) is 54.3 Å². The SMILES string of the molecule is COc1ccc(CCN2CC(=O)N(c3ccc(C)cc3)C3CS(=O)(=O)CC32)cc1OC. The number of amides is 1. The number of sulfone groups is 1. The van der Waals surface area contributed by atoms with Crippen molar-refractivity contribution in [3.05, 3.63) is 53.6 Å². The summed E-state index contributed by atoms with van der Waals surface area (Å²) < 4.78 is 35.7. The monoisotopic (exact) mass is 444 g/mol. The number of carbonyl (C=O) groups is 1. The van der Waals surface area contributed by atoms with Gasteiger partial charge < -0.3 is 14.4 Å². The summed E-state index contributed by atoms with van der Waals surface area (Å²) in [7, 11) is -0.0186. The van der Waals surface area contributed by atoms with Crippen LogP contribution in [0.3, 0.4) is 0 Å². The largest absolute Gasteiger partial charge is 0.493 e. The fraction of sp³-hybridized carbons (Fsp3) is 0.435. The molecule has 2 aliphatic heterocycles. The van der Waals surface area contributed by atoms with Crippen molar-refractivity contribution >= 4 is 21.4 Å². The molecule has 7 nitrogen and oxygen atoms in total. The number of piperazine rings is 1. The van der Waals surface area contributed by atoms with Crippen LogP contribution in [0, 0.1) is 6.92 Å². The van der Waals surface area contributed by atoms with Crippen molar-refractivity contribution in [1.82, 2.24) is 4.90 Å². The van der Waals surface area contributed by atoms with Crippen LogP contribution in [0.4, 0.5) is 5.69 Å². The molecule has 2 fully saturated rings. The van der Waals surface area contributed by atoms with Crippen LogP contribution in [0.1, 0.15) is 11.1 Å². The van der Waals surface area contributed by atoms with Gasteiger partial charge in [0.15, 0.2) is 21.3 Å². The van der Waals surface area contributed by atoms with E-state index in [1.54, 1.807) is 19.1 Å². The number of rotatable bonds is 6. The van der Waals surface area contributed by atoms with Crippen LogP contribution in [0.2, 0.25) is 0 Å². The molecule has 2 heterocycles. The molecule has 1 amide bonds. The van der Waals surface area contributed by atoms with Crippen LogP contribution in [0.5, 0.6) is 11.5 Å². The van der Waals surface area contributed by atoms with Crippen molar-refractivity contribution < 1.29 is 22.7 Å². The van der Waals surface area contributed by atoms with Crippen molar-refractivity contribution in [2.75, 3.05) is 43.7 Å². The first kappa shape index (κ1) is 21.6. The molecule has 0 aliphatic carbocycles. The Morgan fingerprint density at radius 1 is 0.968 bits per heavy atom. The molecule has 2 aliphatic rings. The van der Waals surface area contributed by atoms with Gasteiger partial charge in [-0.2, -0.15) is 0 Å². The summed E-state index contributed by atoms with van der Waals surface area (Å²) in [6.07, 6.45) is 0.682. The number of benzene rings is 2. The molecule has 0 spiro atoms. The van der Waals surface area contributed by atoms with E-state index in [2.05, 4.69) is 0 Å². The Labute approximate surface area is 183 Å². The Morgan fingerprint density at radius 3 is 2.32 bits per heavy atom. The Morgan fingerprint density at radius 2 is 1.65 bits per heavy atom. The highest BCUT2D eigenvalue weighted by molar-refractivity contribution is 7.91. The number of nitrogens with zero attached hydrogens (tertiary/aromatic N) is 2. The third kappa shape index (κ3) is 4.41. The third-order valence-electron chi connectivity index (χ3n) is 6.15. The molecule has 2 saturated heterocycles. The minimum atomic E-state index is -3.21. The number of methoxy groups -OCH3 is 2. The average molecular weight is 445 g/mol. The number of hydrogen-bond acceptors (Lipinski definition) is 6. The van der Waals surface area contributed by atoms with Gasteiger partial charge in [0, 0.05) is 18.3 Å². The van der Waals surface area contributed by atoms with E-state index in [1.165, 1.54) is 0 Å².